The molecular weight excluding hydrogens is 1290 g/mol. The van der Waals surface area contributed by atoms with Gasteiger partial charge in [-0.3, -0.25) is 13.8 Å². The number of nitrogens with one attached hydrogen (secondary N) is 1. The predicted molar refractivity (Wildman–Crippen MR) is 347 cm³/mol. The van der Waals surface area contributed by atoms with Crippen molar-refractivity contribution >= 4 is 13.7 Å². The van der Waals surface area contributed by atoms with Crippen LogP contribution in [0.1, 0.15) is 232 Å². The van der Waals surface area contributed by atoms with Crippen molar-refractivity contribution in [1.29, 1.82) is 0 Å². The van der Waals surface area contributed by atoms with E-state index < -0.39 is 193 Å². The summed E-state index contributed by atoms with van der Waals surface area (Å²) >= 11 is 0. The van der Waals surface area contributed by atoms with Crippen LogP contribution < -0.4 is 5.32 Å². The van der Waals surface area contributed by atoms with E-state index >= 15 is 0 Å². The minimum atomic E-state index is -5.74. The van der Waals surface area contributed by atoms with Crippen molar-refractivity contribution in [3.05, 3.63) is 0 Å². The average molecular weight is 1410 g/mol. The molecule has 3 aliphatic heterocycles. The first-order chi connectivity index (χ1) is 45.9. The molecule has 26 atom stereocenters. The van der Waals surface area contributed by atoms with Gasteiger partial charge in [0.2, 0.25) is 5.91 Å². The smallest absolute Gasteiger partial charge is 0.394 e. The lowest BCUT2D eigenvalue weighted by atomic mass is 9.84. The van der Waals surface area contributed by atoms with Crippen molar-refractivity contribution in [3.63, 3.8) is 0 Å². The van der Waals surface area contributed by atoms with Gasteiger partial charge in [0, 0.05) is 0 Å². The molecule has 3 heterocycles. The summed E-state index contributed by atoms with van der Waals surface area (Å²) in [6.45, 7) is 0.541. The van der Waals surface area contributed by atoms with Crippen molar-refractivity contribution in [2.24, 2.45) is 0 Å². The quantitative estimate of drug-likeness (QED) is 0.0304. The number of phosphoric ester groups is 1. The van der Waals surface area contributed by atoms with Gasteiger partial charge in [-0.1, -0.05) is 219 Å². The molecule has 4 rings (SSSR count). The minimum Gasteiger partial charge on any atom is -0.394 e. The third kappa shape index (κ3) is 29.4. The van der Waals surface area contributed by atoms with Gasteiger partial charge in [-0.25, -0.2) is 4.57 Å². The number of rotatable bonds is 52. The van der Waals surface area contributed by atoms with Crippen LogP contribution in [0.4, 0.5) is 0 Å². The van der Waals surface area contributed by atoms with E-state index in [1.807, 2.05) is 0 Å². The first kappa shape index (κ1) is 87.1. The van der Waals surface area contributed by atoms with E-state index in [-0.39, 0.29) is 12.8 Å². The van der Waals surface area contributed by atoms with Gasteiger partial charge >= 0.3 is 7.82 Å². The van der Waals surface area contributed by atoms with Crippen LogP contribution >= 0.6 is 7.82 Å². The normalized spacial score (nSPS) is 33.9. The zero-order chi connectivity index (χ0) is 70.7. The molecule has 1 amide bonds. The Morgan fingerprint density at radius 2 is 0.771 bits per heavy atom. The molecule has 29 nitrogen and oxygen atoms in total. The minimum absolute atomic E-state index is 0.0277. The molecule has 19 N–H and O–H groups in total. The number of hydrogen-bond acceptors (Lipinski definition) is 27. The van der Waals surface area contributed by atoms with Crippen LogP contribution in [0.15, 0.2) is 0 Å². The molecule has 0 bridgehead atoms. The monoisotopic (exact) mass is 1410 g/mol. The van der Waals surface area contributed by atoms with Crippen LogP contribution in [-0.4, -0.2) is 277 Å². The standard InChI is InChI=1S/C66H126NO28P/c1-3-5-7-9-11-13-15-17-18-19-20-21-22-23-24-26-28-30-32-34-36-43(71)63(85)67-41(47(72)42(70)35-33-31-29-27-25-16-14-12-10-8-6-4-2)39-89-96(86,87)95-62-56(81)54(79)53(78)55(80)61(62)94-66-59(84)60(93-65-58(83)52(77)49(74)45(38-69)91-65)50(75)46(92-66)40-88-64-57(82)51(76)48(73)44(37-68)90-64/h41-62,64-66,68-84H,3-40H2,1-2H3,(H,67,85)(H,86,87)/t41-,42+,43+,44+,45+,46+,47-,48+,49+,50+,51-,52-,53-,54-,55+,56+,57-,58-,59-,60-,61+,62-,64-,65+,66+/m0/s1. The summed E-state index contributed by atoms with van der Waals surface area (Å²) < 4.78 is 58.5. The zero-order valence-corrected chi connectivity index (χ0v) is 57.8. The first-order valence-corrected chi connectivity index (χ1v) is 37.7. The van der Waals surface area contributed by atoms with Crippen molar-refractivity contribution in [2.75, 3.05) is 26.4 Å². The van der Waals surface area contributed by atoms with Gasteiger partial charge in [0.05, 0.1) is 38.6 Å². The van der Waals surface area contributed by atoms with Gasteiger partial charge in [-0.05, 0) is 12.8 Å². The fraction of sp³-hybridized carbons (Fsp3) is 0.985. The Balaban J connectivity index is 1.43. The average Bonchev–Trinajstić information content (AvgIpc) is 0.772. The molecule has 30 heteroatoms. The maximum Gasteiger partial charge on any atom is 0.472 e. The highest BCUT2D eigenvalue weighted by Gasteiger charge is 2.57. The molecule has 4 aliphatic rings. The molecule has 4 fully saturated rings. The predicted octanol–water partition coefficient (Wildman–Crippen LogP) is 1.65. The Morgan fingerprint density at radius 1 is 0.417 bits per heavy atom. The highest BCUT2D eigenvalue weighted by molar-refractivity contribution is 7.47. The number of hydrogen-bond donors (Lipinski definition) is 19. The summed E-state index contributed by atoms with van der Waals surface area (Å²) in [4.78, 5) is 25.0. The second kappa shape index (κ2) is 47.8. The number of carbonyl (C=O) groups is 1. The van der Waals surface area contributed by atoms with Crippen LogP contribution in [0.2, 0.25) is 0 Å². The molecule has 96 heavy (non-hydrogen) atoms. The van der Waals surface area contributed by atoms with E-state index in [1.165, 1.54) is 122 Å². The summed E-state index contributed by atoms with van der Waals surface area (Å²) in [5.41, 5.74) is 0. The second-order valence-corrected chi connectivity index (χ2v) is 28.5. The fourth-order valence-corrected chi connectivity index (χ4v) is 13.8. The van der Waals surface area contributed by atoms with Gasteiger partial charge in [-0.2, -0.15) is 0 Å². The number of amides is 1. The van der Waals surface area contributed by atoms with Crippen LogP contribution in [0.5, 0.6) is 0 Å². The van der Waals surface area contributed by atoms with Crippen molar-refractivity contribution in [2.45, 2.75) is 385 Å². The van der Waals surface area contributed by atoms with Crippen LogP contribution in [0, 0.1) is 0 Å². The highest BCUT2D eigenvalue weighted by atomic mass is 31.2. The van der Waals surface area contributed by atoms with Crippen LogP contribution in [0.3, 0.4) is 0 Å². The van der Waals surface area contributed by atoms with Gasteiger partial charge in [0.1, 0.15) is 122 Å². The van der Waals surface area contributed by atoms with E-state index in [1.54, 1.807) is 0 Å². The van der Waals surface area contributed by atoms with E-state index in [0.717, 1.165) is 64.2 Å². The SMILES string of the molecule is CCCCCCCCCCCCCCCCCCCCCC[C@@H](O)C(=O)N[C@@H](COP(=O)(O)O[C@H]1[C@H](O)[C@@H](O)[C@H](O)[C@@H](O)[C@H]1O[C@H]1O[C@H](CO[C@H]2O[C@H](CO)[C@@H](O)[C@H](O)[C@@H]2O)[C@@H](O)[C@H](O[C@H]2O[C@H](CO)[C@@H](O)[C@H](O)[C@@H]2O)[C@@H]1O)[C@H](O)[C@H](O)CCCCCCCCCCCCCC. The van der Waals surface area contributed by atoms with E-state index in [9.17, 15) is 101 Å². The van der Waals surface area contributed by atoms with Gasteiger partial charge in [0.25, 0.3) is 0 Å². The first-order valence-electron chi connectivity index (χ1n) is 36.2. The molecule has 0 aromatic heterocycles. The zero-order valence-electron chi connectivity index (χ0n) is 56.9. The molecule has 0 aromatic rings. The number of aliphatic hydroxyl groups excluding tert-OH is 17. The fourth-order valence-electron chi connectivity index (χ4n) is 12.9. The Kier molecular flexibility index (Phi) is 43.4. The molecule has 1 unspecified atom stereocenters. The number of ether oxygens (including phenoxy) is 6. The number of phosphoric acid groups is 1. The Hall–Kier alpha value is -1.34. The number of aliphatic hydroxyl groups is 17. The third-order valence-corrected chi connectivity index (χ3v) is 20.2. The molecule has 3 saturated heterocycles. The van der Waals surface area contributed by atoms with E-state index in [4.69, 9.17) is 37.5 Å². The Labute approximate surface area is 567 Å². The van der Waals surface area contributed by atoms with Gasteiger partial charge < -0.3 is 125 Å². The second-order valence-electron chi connectivity index (χ2n) is 27.1. The third-order valence-electron chi connectivity index (χ3n) is 19.2. The maximum absolute atomic E-state index is 14.1. The largest absolute Gasteiger partial charge is 0.472 e. The Morgan fingerprint density at radius 3 is 1.21 bits per heavy atom. The van der Waals surface area contributed by atoms with Crippen molar-refractivity contribution < 1.29 is 139 Å². The summed E-state index contributed by atoms with van der Waals surface area (Å²) in [5.74, 6) is -0.995. The van der Waals surface area contributed by atoms with Crippen LogP contribution in [0.25, 0.3) is 0 Å². The molecule has 568 valence electrons. The van der Waals surface area contributed by atoms with Gasteiger partial charge in [0.15, 0.2) is 18.9 Å². The lowest BCUT2D eigenvalue weighted by Gasteiger charge is -2.49. The van der Waals surface area contributed by atoms with Crippen LogP contribution in [-0.2, 0) is 46.8 Å². The van der Waals surface area contributed by atoms with Crippen molar-refractivity contribution in [3.8, 4) is 0 Å². The summed E-state index contributed by atoms with van der Waals surface area (Å²) in [6.07, 6.45) is -13.3. The molecule has 0 aromatic carbocycles. The summed E-state index contributed by atoms with van der Waals surface area (Å²) in [5, 5.41) is 187. The lowest BCUT2D eigenvalue weighted by Crippen LogP contribution is -2.68. The summed E-state index contributed by atoms with van der Waals surface area (Å²) in [6, 6.07) is -1.71. The summed E-state index contributed by atoms with van der Waals surface area (Å²) in [7, 11) is -5.74. The number of unbranched alkanes of at least 4 members (excludes halogenated alkanes) is 30. The molecule has 0 spiro atoms. The highest BCUT2D eigenvalue weighted by Crippen LogP contribution is 2.48. The number of carbonyl (C=O) groups excluding carboxylic acids is 1. The molecule has 0 radical (unpaired) electrons. The van der Waals surface area contributed by atoms with E-state index in [2.05, 4.69) is 19.2 Å². The molecular formula is C66H126NO28P. The Bertz CT molecular complexity index is 2050. The lowest BCUT2D eigenvalue weighted by molar-refractivity contribution is -0.377. The van der Waals surface area contributed by atoms with E-state index in [0.29, 0.717) is 19.3 Å². The maximum atomic E-state index is 14.1. The topological polar surface area (TPSA) is 484 Å². The van der Waals surface area contributed by atoms with Crippen molar-refractivity contribution in [1.82, 2.24) is 5.32 Å². The molecule has 1 aliphatic carbocycles. The van der Waals surface area contributed by atoms with Gasteiger partial charge in [-0.15, -0.1) is 0 Å². The molecule has 1 saturated carbocycles.